The average molecular weight is 358 g/mol. The lowest BCUT2D eigenvalue weighted by Crippen LogP contribution is -2.41. The summed E-state index contributed by atoms with van der Waals surface area (Å²) in [6, 6.07) is 7.36. The van der Waals surface area contributed by atoms with Crippen LogP contribution in [0.25, 0.3) is 11.0 Å². The van der Waals surface area contributed by atoms with Crippen molar-refractivity contribution in [1.29, 1.82) is 0 Å². The number of H-pyrrole nitrogens is 1. The van der Waals surface area contributed by atoms with E-state index < -0.39 is 15.4 Å². The Morgan fingerprint density at radius 3 is 2.64 bits per heavy atom. The molecule has 0 saturated heterocycles. The Kier molecular flexibility index (Phi) is 3.42. The van der Waals surface area contributed by atoms with Gasteiger partial charge in [-0.15, -0.1) is 0 Å². The van der Waals surface area contributed by atoms with E-state index in [1.54, 1.807) is 18.2 Å². The van der Waals surface area contributed by atoms with Gasteiger partial charge in [-0.3, -0.25) is 4.79 Å². The van der Waals surface area contributed by atoms with Crippen molar-refractivity contribution in [3.63, 3.8) is 0 Å². The summed E-state index contributed by atoms with van der Waals surface area (Å²) < 4.78 is 31.6. The van der Waals surface area contributed by atoms with Gasteiger partial charge in [-0.2, -0.15) is 0 Å². The first-order chi connectivity index (χ1) is 11.8. The van der Waals surface area contributed by atoms with Gasteiger partial charge in [0.1, 0.15) is 11.3 Å². The first kappa shape index (κ1) is 16.1. The van der Waals surface area contributed by atoms with Crippen LogP contribution in [0.1, 0.15) is 25.2 Å². The number of nitrogens with one attached hydrogen (secondary N) is 2. The minimum atomic E-state index is -3.78. The molecule has 4 rings (SSSR count). The molecule has 1 aliphatic heterocycles. The number of fused-ring (bicyclic) bond motifs is 3. The number of pyridine rings is 1. The normalized spacial score (nSPS) is 16.7. The summed E-state index contributed by atoms with van der Waals surface area (Å²) in [7, 11) is -3.78. The van der Waals surface area contributed by atoms with Crippen LogP contribution in [-0.4, -0.2) is 19.9 Å². The number of hydrogen-bond acceptors (Lipinski definition) is 5. The van der Waals surface area contributed by atoms with Crippen molar-refractivity contribution in [1.82, 2.24) is 10.3 Å². The first-order valence-electron chi connectivity index (χ1n) is 8.04. The minimum absolute atomic E-state index is 0.0334. The molecule has 3 aromatic rings. The molecule has 1 aliphatic rings. The third-order valence-corrected chi connectivity index (χ3v) is 6.39. The number of sulfone groups is 1. The van der Waals surface area contributed by atoms with Crippen LogP contribution in [-0.2, 0) is 21.8 Å². The molecule has 25 heavy (non-hydrogen) atoms. The second kappa shape index (κ2) is 5.31. The number of furan rings is 1. The van der Waals surface area contributed by atoms with E-state index in [0.29, 0.717) is 5.58 Å². The highest BCUT2D eigenvalue weighted by molar-refractivity contribution is 7.91. The molecule has 2 aromatic heterocycles. The fourth-order valence-electron chi connectivity index (χ4n) is 3.36. The summed E-state index contributed by atoms with van der Waals surface area (Å²) in [4.78, 5) is 13.9. The van der Waals surface area contributed by atoms with Crippen molar-refractivity contribution in [2.24, 2.45) is 0 Å². The Balaban J connectivity index is 1.89. The lowest BCUT2D eigenvalue weighted by molar-refractivity contribution is 0.310. The van der Waals surface area contributed by atoms with Crippen LogP contribution < -0.4 is 10.9 Å². The van der Waals surface area contributed by atoms with Crippen LogP contribution in [0.15, 0.2) is 55.5 Å². The second-order valence-corrected chi connectivity index (χ2v) is 8.71. The van der Waals surface area contributed by atoms with E-state index >= 15 is 0 Å². The highest BCUT2D eigenvalue weighted by atomic mass is 32.2. The predicted molar refractivity (Wildman–Crippen MR) is 93.5 cm³/mol. The Labute approximate surface area is 144 Å². The van der Waals surface area contributed by atoms with Gasteiger partial charge in [-0.05, 0) is 38.5 Å². The molecule has 0 atom stereocenters. The van der Waals surface area contributed by atoms with Gasteiger partial charge >= 0.3 is 0 Å². The van der Waals surface area contributed by atoms with Gasteiger partial charge in [0.15, 0.2) is 0 Å². The van der Waals surface area contributed by atoms with E-state index in [0.717, 1.165) is 35.7 Å². The molecule has 0 fully saturated rings. The molecule has 0 aliphatic carbocycles. The number of benzene rings is 1. The number of hydrogen-bond donors (Lipinski definition) is 2. The Morgan fingerprint density at radius 1 is 1.12 bits per heavy atom. The van der Waals surface area contributed by atoms with Gasteiger partial charge < -0.3 is 14.7 Å². The van der Waals surface area contributed by atoms with E-state index in [9.17, 15) is 13.2 Å². The van der Waals surface area contributed by atoms with Crippen molar-refractivity contribution in [2.75, 3.05) is 6.54 Å². The zero-order chi connectivity index (χ0) is 17.8. The summed E-state index contributed by atoms with van der Waals surface area (Å²) in [6.45, 7) is 4.93. The van der Waals surface area contributed by atoms with E-state index in [2.05, 4.69) is 10.3 Å². The summed E-state index contributed by atoms with van der Waals surface area (Å²) in [5.41, 5.74) is 0.924. The molecule has 0 unspecified atom stereocenters. The molecule has 130 valence electrons. The monoisotopic (exact) mass is 358 g/mol. The molecular formula is C18H18N2O4S. The summed E-state index contributed by atoms with van der Waals surface area (Å²) >= 11 is 0. The molecule has 2 N–H and O–H groups in total. The van der Waals surface area contributed by atoms with Crippen molar-refractivity contribution in [3.05, 3.63) is 58.2 Å². The van der Waals surface area contributed by atoms with Crippen LogP contribution in [0.4, 0.5) is 0 Å². The standard InChI is InChI=1S/C18H18N2O4S/c1-18(2)17-14(6-8-20-18)13-4-3-11(9-15(13)24-17)25(22,23)12-5-7-19-16(21)10-12/h3-5,7,9-10,20H,6,8H2,1-2H3,(H,19,21). The minimum Gasteiger partial charge on any atom is -0.459 e. The molecule has 0 spiro atoms. The third-order valence-electron chi connectivity index (χ3n) is 4.64. The van der Waals surface area contributed by atoms with Crippen molar-refractivity contribution < 1.29 is 12.8 Å². The molecule has 0 radical (unpaired) electrons. The van der Waals surface area contributed by atoms with Gasteiger partial charge in [0.2, 0.25) is 15.4 Å². The van der Waals surface area contributed by atoms with Crippen LogP contribution in [0.5, 0.6) is 0 Å². The van der Waals surface area contributed by atoms with Gasteiger partial charge in [0.05, 0.1) is 15.3 Å². The van der Waals surface area contributed by atoms with Gasteiger partial charge in [0, 0.05) is 35.8 Å². The van der Waals surface area contributed by atoms with E-state index in [1.165, 1.54) is 12.3 Å². The molecular weight excluding hydrogens is 340 g/mol. The maximum atomic E-state index is 12.8. The third kappa shape index (κ3) is 2.51. The SMILES string of the molecule is CC1(C)NCCc2c1oc1cc(S(=O)(=O)c3cc[nH]c(=O)c3)ccc21. The van der Waals surface area contributed by atoms with Gasteiger partial charge in [-0.1, -0.05) is 0 Å². The quantitative estimate of drug-likeness (QED) is 0.733. The molecule has 0 bridgehead atoms. The van der Waals surface area contributed by atoms with Gasteiger partial charge in [0.25, 0.3) is 0 Å². The maximum Gasteiger partial charge on any atom is 0.249 e. The van der Waals surface area contributed by atoms with E-state index in [4.69, 9.17) is 4.42 Å². The van der Waals surface area contributed by atoms with Crippen molar-refractivity contribution in [3.8, 4) is 0 Å². The fraction of sp³-hybridized carbons (Fsp3) is 0.278. The maximum absolute atomic E-state index is 12.8. The largest absolute Gasteiger partial charge is 0.459 e. The first-order valence-corrected chi connectivity index (χ1v) is 9.52. The molecule has 0 saturated carbocycles. The van der Waals surface area contributed by atoms with E-state index in [-0.39, 0.29) is 15.3 Å². The number of aromatic nitrogens is 1. The average Bonchev–Trinajstić information content (AvgIpc) is 2.94. The molecule has 1 aromatic carbocycles. The Morgan fingerprint density at radius 2 is 1.88 bits per heavy atom. The topological polar surface area (TPSA) is 92.2 Å². The van der Waals surface area contributed by atoms with Crippen LogP contribution >= 0.6 is 0 Å². The van der Waals surface area contributed by atoms with Crippen LogP contribution in [0.2, 0.25) is 0 Å². The number of aromatic amines is 1. The molecule has 7 heteroatoms. The second-order valence-electron chi connectivity index (χ2n) is 6.76. The lowest BCUT2D eigenvalue weighted by atomic mass is 9.91. The molecule has 6 nitrogen and oxygen atoms in total. The summed E-state index contributed by atoms with van der Waals surface area (Å²) in [5, 5.41) is 4.34. The number of rotatable bonds is 2. The lowest BCUT2D eigenvalue weighted by Gasteiger charge is -2.29. The zero-order valence-corrected chi connectivity index (χ0v) is 14.7. The predicted octanol–water partition coefficient (Wildman–Crippen LogP) is 2.33. The van der Waals surface area contributed by atoms with Gasteiger partial charge in [-0.25, -0.2) is 8.42 Å². The van der Waals surface area contributed by atoms with Crippen molar-refractivity contribution >= 4 is 20.8 Å². The zero-order valence-electron chi connectivity index (χ0n) is 13.9. The Hall–Kier alpha value is -2.38. The van der Waals surface area contributed by atoms with E-state index in [1.807, 2.05) is 13.8 Å². The van der Waals surface area contributed by atoms with Crippen LogP contribution in [0.3, 0.4) is 0 Å². The highest BCUT2D eigenvalue weighted by Gasteiger charge is 2.32. The summed E-state index contributed by atoms with van der Waals surface area (Å²) in [6.07, 6.45) is 2.17. The fourth-order valence-corrected chi connectivity index (χ4v) is 4.65. The Bertz CT molecular complexity index is 1140. The smallest absolute Gasteiger partial charge is 0.249 e. The molecule has 3 heterocycles. The highest BCUT2D eigenvalue weighted by Crippen LogP contribution is 2.37. The van der Waals surface area contributed by atoms with Crippen LogP contribution in [0, 0.1) is 0 Å². The summed E-state index contributed by atoms with van der Waals surface area (Å²) in [5.74, 6) is 0.847. The molecule has 0 amide bonds. The van der Waals surface area contributed by atoms with Crippen molar-refractivity contribution in [2.45, 2.75) is 35.6 Å².